The molecule has 5 nitrogen and oxygen atoms in total. The van der Waals surface area contributed by atoms with Crippen molar-refractivity contribution in [3.05, 3.63) is 28.8 Å². The lowest BCUT2D eigenvalue weighted by molar-refractivity contribution is 0.00578. The van der Waals surface area contributed by atoms with Crippen molar-refractivity contribution < 1.29 is 14.1 Å². The van der Waals surface area contributed by atoms with Gasteiger partial charge in [0, 0.05) is 28.6 Å². The van der Waals surface area contributed by atoms with E-state index in [0.29, 0.717) is 10.6 Å². The lowest BCUT2D eigenvalue weighted by Crippen LogP contribution is -2.41. The normalized spacial score (nSPS) is 25.0. The van der Waals surface area contributed by atoms with E-state index >= 15 is 0 Å². The molecule has 0 aromatic heterocycles. The first-order valence-corrected chi connectivity index (χ1v) is 8.74. The molecule has 2 aliphatic rings. The molecule has 3 rings (SSSR count). The highest BCUT2D eigenvalue weighted by Crippen LogP contribution is 2.37. The van der Waals surface area contributed by atoms with Gasteiger partial charge in [0.25, 0.3) is 5.91 Å². The van der Waals surface area contributed by atoms with E-state index in [9.17, 15) is 4.79 Å². The highest BCUT2D eigenvalue weighted by Gasteiger charge is 2.52. The van der Waals surface area contributed by atoms with Crippen LogP contribution in [0.25, 0.3) is 0 Å². The van der Waals surface area contributed by atoms with E-state index < -0.39 is 18.3 Å². The highest BCUT2D eigenvalue weighted by atomic mass is 35.5. The van der Waals surface area contributed by atoms with Crippen molar-refractivity contribution in [2.75, 3.05) is 13.1 Å². The van der Waals surface area contributed by atoms with Crippen LogP contribution in [0, 0.1) is 0 Å². The average Bonchev–Trinajstić information content (AvgIpc) is 3.05. The fraction of sp³-hybridized carbons (Fsp3) is 0.588. The second-order valence-electron chi connectivity index (χ2n) is 7.49. The van der Waals surface area contributed by atoms with Crippen LogP contribution in [-0.2, 0) is 9.31 Å². The summed E-state index contributed by atoms with van der Waals surface area (Å²) in [5.41, 5.74) is 0.445. The Morgan fingerprint density at radius 1 is 1.29 bits per heavy atom. The van der Waals surface area contributed by atoms with Gasteiger partial charge in [-0.15, -0.1) is 0 Å². The van der Waals surface area contributed by atoms with Crippen molar-refractivity contribution >= 4 is 30.1 Å². The summed E-state index contributed by atoms with van der Waals surface area (Å²) in [6.07, 6.45) is 0.950. The molecule has 2 heterocycles. The molecule has 1 aromatic carbocycles. The van der Waals surface area contributed by atoms with Gasteiger partial charge in [-0.05, 0) is 52.8 Å². The van der Waals surface area contributed by atoms with Gasteiger partial charge in [0.1, 0.15) is 0 Å². The predicted molar refractivity (Wildman–Crippen MR) is 95.9 cm³/mol. The van der Waals surface area contributed by atoms with Crippen LogP contribution in [0.15, 0.2) is 18.2 Å². The zero-order chi connectivity index (χ0) is 17.5. The fourth-order valence-corrected chi connectivity index (χ4v) is 3.15. The van der Waals surface area contributed by atoms with Crippen LogP contribution in [0.5, 0.6) is 0 Å². The third-order valence-corrected chi connectivity index (χ3v) is 5.49. The third-order valence-electron chi connectivity index (χ3n) is 5.17. The molecule has 2 N–H and O–H groups in total. The summed E-state index contributed by atoms with van der Waals surface area (Å²) in [4.78, 5) is 12.3. The molecule has 2 fully saturated rings. The number of carbonyl (C=O) groups excluding carboxylic acids is 1. The maximum Gasteiger partial charge on any atom is 0.496 e. The largest absolute Gasteiger partial charge is 0.496 e. The SMILES string of the molecule is CC1(C)OB(c2ccc(C(=O)N[C@H]3CCNC3)cc2Cl)OC1(C)C. The lowest BCUT2D eigenvalue weighted by atomic mass is 9.78. The van der Waals surface area contributed by atoms with E-state index in [1.54, 1.807) is 12.1 Å². The Morgan fingerprint density at radius 2 is 1.96 bits per heavy atom. The van der Waals surface area contributed by atoms with Crippen LogP contribution in [0.4, 0.5) is 0 Å². The molecule has 7 heteroatoms. The minimum atomic E-state index is -0.529. The lowest BCUT2D eigenvalue weighted by Gasteiger charge is -2.32. The Labute approximate surface area is 148 Å². The number of rotatable bonds is 3. The van der Waals surface area contributed by atoms with Crippen LogP contribution < -0.4 is 16.1 Å². The van der Waals surface area contributed by atoms with Crippen LogP contribution >= 0.6 is 11.6 Å². The van der Waals surface area contributed by atoms with Crippen molar-refractivity contribution in [1.29, 1.82) is 0 Å². The Hall–Kier alpha value is -1.08. The standard InChI is InChI=1S/C17H24BClN2O3/c1-16(2)17(3,4)24-18(23-16)13-6-5-11(9-14(13)19)15(22)21-12-7-8-20-10-12/h5-6,9,12,20H,7-8,10H2,1-4H3,(H,21,22)/t12-/m0/s1. The van der Waals surface area contributed by atoms with E-state index in [1.807, 2.05) is 33.8 Å². The zero-order valence-electron chi connectivity index (χ0n) is 14.6. The molecule has 1 amide bonds. The topological polar surface area (TPSA) is 59.6 Å². The molecule has 1 atom stereocenters. The number of hydrogen-bond acceptors (Lipinski definition) is 4. The van der Waals surface area contributed by atoms with Gasteiger partial charge in [-0.3, -0.25) is 4.79 Å². The summed E-state index contributed by atoms with van der Waals surface area (Å²) in [6, 6.07) is 5.44. The summed E-state index contributed by atoms with van der Waals surface area (Å²) in [6.45, 7) is 9.74. The molecule has 0 radical (unpaired) electrons. The predicted octanol–water partition coefficient (Wildman–Crippen LogP) is 1.73. The first-order valence-electron chi connectivity index (χ1n) is 8.36. The number of hydrogen-bond donors (Lipinski definition) is 2. The molecular weight excluding hydrogens is 326 g/mol. The van der Waals surface area contributed by atoms with E-state index in [-0.39, 0.29) is 11.9 Å². The number of halogens is 1. The van der Waals surface area contributed by atoms with Gasteiger partial charge in [-0.25, -0.2) is 0 Å². The second kappa shape index (κ2) is 6.34. The van der Waals surface area contributed by atoms with Crippen LogP contribution in [-0.4, -0.2) is 43.4 Å². The van der Waals surface area contributed by atoms with Gasteiger partial charge in [0.05, 0.1) is 11.2 Å². The Kier molecular flexibility index (Phi) is 4.68. The van der Waals surface area contributed by atoms with E-state index in [1.165, 1.54) is 0 Å². The molecule has 0 spiro atoms. The molecule has 2 aliphatic heterocycles. The molecule has 24 heavy (non-hydrogen) atoms. The third kappa shape index (κ3) is 3.33. The molecule has 130 valence electrons. The highest BCUT2D eigenvalue weighted by molar-refractivity contribution is 6.65. The molecule has 0 unspecified atom stereocenters. The quantitative estimate of drug-likeness (QED) is 0.815. The molecule has 0 saturated carbocycles. The monoisotopic (exact) mass is 350 g/mol. The number of carbonyl (C=O) groups is 1. The first kappa shape index (κ1) is 17.7. The van der Waals surface area contributed by atoms with Crippen molar-refractivity contribution in [3.63, 3.8) is 0 Å². The molecule has 2 saturated heterocycles. The minimum Gasteiger partial charge on any atom is -0.399 e. The van der Waals surface area contributed by atoms with Crippen molar-refractivity contribution in [3.8, 4) is 0 Å². The van der Waals surface area contributed by atoms with Crippen molar-refractivity contribution in [2.45, 2.75) is 51.4 Å². The van der Waals surface area contributed by atoms with Gasteiger partial charge in [0.2, 0.25) is 0 Å². The molecule has 0 aliphatic carbocycles. The number of amides is 1. The molecular formula is C17H24BClN2O3. The van der Waals surface area contributed by atoms with Gasteiger partial charge >= 0.3 is 7.12 Å². The van der Waals surface area contributed by atoms with Crippen molar-refractivity contribution in [2.24, 2.45) is 0 Å². The van der Waals surface area contributed by atoms with E-state index in [0.717, 1.165) is 25.0 Å². The summed E-state index contributed by atoms with van der Waals surface area (Å²) < 4.78 is 12.0. The molecule has 1 aromatic rings. The van der Waals surface area contributed by atoms with Crippen LogP contribution in [0.3, 0.4) is 0 Å². The van der Waals surface area contributed by atoms with Gasteiger partial charge in [0.15, 0.2) is 0 Å². The minimum absolute atomic E-state index is 0.105. The number of benzene rings is 1. The van der Waals surface area contributed by atoms with Gasteiger partial charge in [-0.2, -0.15) is 0 Å². The first-order chi connectivity index (χ1) is 11.2. The maximum atomic E-state index is 12.3. The van der Waals surface area contributed by atoms with E-state index in [4.69, 9.17) is 20.9 Å². The fourth-order valence-electron chi connectivity index (χ4n) is 2.88. The van der Waals surface area contributed by atoms with Gasteiger partial charge < -0.3 is 19.9 Å². The Bertz CT molecular complexity index is 629. The van der Waals surface area contributed by atoms with Crippen LogP contribution in [0.2, 0.25) is 5.02 Å². The summed E-state index contributed by atoms with van der Waals surface area (Å²) in [7, 11) is -0.529. The Balaban J connectivity index is 1.74. The van der Waals surface area contributed by atoms with E-state index in [2.05, 4.69) is 10.6 Å². The van der Waals surface area contributed by atoms with Gasteiger partial charge in [-0.1, -0.05) is 17.7 Å². The summed E-state index contributed by atoms with van der Waals surface area (Å²) >= 11 is 6.40. The molecule has 0 bridgehead atoms. The zero-order valence-corrected chi connectivity index (χ0v) is 15.4. The van der Waals surface area contributed by atoms with Crippen molar-refractivity contribution in [1.82, 2.24) is 10.6 Å². The smallest absolute Gasteiger partial charge is 0.399 e. The Morgan fingerprint density at radius 3 is 2.50 bits per heavy atom. The summed E-state index contributed by atoms with van der Waals surface area (Å²) in [5, 5.41) is 6.72. The maximum absolute atomic E-state index is 12.3. The summed E-state index contributed by atoms with van der Waals surface area (Å²) in [5.74, 6) is -0.105. The second-order valence-corrected chi connectivity index (χ2v) is 7.89. The number of nitrogens with one attached hydrogen (secondary N) is 2. The average molecular weight is 351 g/mol. The van der Waals surface area contributed by atoms with Crippen LogP contribution in [0.1, 0.15) is 44.5 Å².